The van der Waals surface area contributed by atoms with E-state index in [0.717, 1.165) is 38.1 Å². The van der Waals surface area contributed by atoms with Gasteiger partial charge in [0, 0.05) is 17.0 Å². The summed E-state index contributed by atoms with van der Waals surface area (Å²) in [4.78, 5) is 4.57. The zero-order valence-electron chi connectivity index (χ0n) is 11.4. The Labute approximate surface area is 136 Å². The largest absolute Gasteiger partial charge is 0.454 e. The van der Waals surface area contributed by atoms with E-state index in [1.54, 1.807) is 0 Å². The molecule has 0 saturated carbocycles. The van der Waals surface area contributed by atoms with Crippen molar-refractivity contribution in [3.8, 4) is 11.5 Å². The first-order valence-corrected chi connectivity index (χ1v) is 7.89. The average Bonchev–Trinajstić information content (AvgIpc) is 2.49. The maximum Gasteiger partial charge on any atom is 0.153 e. The smallest absolute Gasteiger partial charge is 0.153 e. The molecule has 0 amide bonds. The zero-order valence-corrected chi connectivity index (χ0v) is 13.8. The van der Waals surface area contributed by atoms with Gasteiger partial charge in [-0.3, -0.25) is 0 Å². The van der Waals surface area contributed by atoms with Crippen molar-refractivity contribution in [3.05, 3.63) is 64.3 Å². The van der Waals surface area contributed by atoms with Gasteiger partial charge in [-0.2, -0.15) is 0 Å². The van der Waals surface area contributed by atoms with E-state index >= 15 is 0 Å². The van der Waals surface area contributed by atoms with Crippen molar-refractivity contribution in [2.24, 2.45) is 0 Å². The summed E-state index contributed by atoms with van der Waals surface area (Å²) in [6, 6.07) is 15.8. The van der Waals surface area contributed by atoms with E-state index in [1.807, 2.05) is 49.4 Å². The first-order chi connectivity index (χ1) is 10.2. The van der Waals surface area contributed by atoms with E-state index in [4.69, 9.17) is 16.3 Å². The van der Waals surface area contributed by atoms with Crippen LogP contribution in [0.15, 0.2) is 53.0 Å². The van der Waals surface area contributed by atoms with E-state index in [1.165, 1.54) is 0 Å². The molecule has 106 valence electrons. The Morgan fingerprint density at radius 3 is 2.71 bits per heavy atom. The maximum atomic E-state index is 6.02. The monoisotopic (exact) mass is 361 g/mol. The van der Waals surface area contributed by atoms with Gasteiger partial charge >= 0.3 is 0 Å². The molecule has 3 rings (SSSR count). The standard InChI is InChI=1S/C17H13BrClNO/c1-11-5-7-13-3-2-4-16(17(13)20-11)21-15-8-6-12(10-19)9-14(15)18/h2-9H,10H2,1H3. The fourth-order valence-electron chi connectivity index (χ4n) is 2.13. The van der Waals surface area contributed by atoms with Crippen molar-refractivity contribution in [1.82, 2.24) is 4.98 Å². The van der Waals surface area contributed by atoms with Crippen LogP contribution in [0.3, 0.4) is 0 Å². The second kappa shape index (κ2) is 6.04. The summed E-state index contributed by atoms with van der Waals surface area (Å²) < 4.78 is 6.90. The first kappa shape index (κ1) is 14.4. The maximum absolute atomic E-state index is 6.02. The number of benzene rings is 2. The van der Waals surface area contributed by atoms with E-state index in [9.17, 15) is 0 Å². The number of hydrogen-bond donors (Lipinski definition) is 0. The lowest BCUT2D eigenvalue weighted by Crippen LogP contribution is -1.91. The Morgan fingerprint density at radius 2 is 1.95 bits per heavy atom. The summed E-state index contributed by atoms with van der Waals surface area (Å²) in [5, 5.41) is 1.06. The minimum Gasteiger partial charge on any atom is -0.454 e. The van der Waals surface area contributed by atoms with Crippen molar-refractivity contribution >= 4 is 38.4 Å². The molecule has 0 aliphatic rings. The lowest BCUT2D eigenvalue weighted by molar-refractivity contribution is 0.484. The molecule has 0 spiro atoms. The van der Waals surface area contributed by atoms with Gasteiger partial charge in [-0.05, 0) is 52.7 Å². The topological polar surface area (TPSA) is 22.1 Å². The highest BCUT2D eigenvalue weighted by molar-refractivity contribution is 9.10. The van der Waals surface area contributed by atoms with Crippen LogP contribution in [0.4, 0.5) is 0 Å². The molecule has 0 bridgehead atoms. The molecule has 0 N–H and O–H groups in total. The fraction of sp³-hybridized carbons (Fsp3) is 0.118. The van der Waals surface area contributed by atoms with Crippen LogP contribution in [0, 0.1) is 6.92 Å². The zero-order chi connectivity index (χ0) is 14.8. The Hall–Kier alpha value is -1.58. The molecule has 0 atom stereocenters. The van der Waals surface area contributed by atoms with Gasteiger partial charge in [0.1, 0.15) is 11.3 Å². The normalized spacial score (nSPS) is 10.8. The summed E-state index contributed by atoms with van der Waals surface area (Å²) in [5.41, 5.74) is 2.88. The number of aromatic nitrogens is 1. The Kier molecular flexibility index (Phi) is 4.13. The van der Waals surface area contributed by atoms with Crippen molar-refractivity contribution in [2.45, 2.75) is 12.8 Å². The van der Waals surface area contributed by atoms with Crippen molar-refractivity contribution < 1.29 is 4.74 Å². The highest BCUT2D eigenvalue weighted by Gasteiger charge is 2.08. The van der Waals surface area contributed by atoms with Crippen LogP contribution in [0.1, 0.15) is 11.3 Å². The van der Waals surface area contributed by atoms with Crippen LogP contribution >= 0.6 is 27.5 Å². The highest BCUT2D eigenvalue weighted by Crippen LogP contribution is 2.34. The van der Waals surface area contributed by atoms with Crippen LogP contribution in [0.2, 0.25) is 0 Å². The van der Waals surface area contributed by atoms with Gasteiger partial charge in [0.15, 0.2) is 5.75 Å². The number of para-hydroxylation sites is 1. The molecule has 0 radical (unpaired) electrons. The molecule has 4 heteroatoms. The van der Waals surface area contributed by atoms with E-state index in [0.29, 0.717) is 5.88 Å². The quantitative estimate of drug-likeness (QED) is 0.546. The Morgan fingerprint density at radius 1 is 1.10 bits per heavy atom. The van der Waals surface area contributed by atoms with Gasteiger partial charge in [-0.25, -0.2) is 4.98 Å². The number of nitrogens with zero attached hydrogens (tertiary/aromatic N) is 1. The fourth-order valence-corrected chi connectivity index (χ4v) is 2.80. The minimum absolute atomic E-state index is 0.480. The number of halogens is 2. The second-order valence-corrected chi connectivity index (χ2v) is 5.90. The third-order valence-electron chi connectivity index (χ3n) is 3.19. The van der Waals surface area contributed by atoms with Gasteiger partial charge in [-0.15, -0.1) is 11.6 Å². The van der Waals surface area contributed by atoms with Gasteiger partial charge < -0.3 is 4.74 Å². The molecule has 21 heavy (non-hydrogen) atoms. The summed E-state index contributed by atoms with van der Waals surface area (Å²) in [7, 11) is 0. The summed E-state index contributed by atoms with van der Waals surface area (Å²) in [6.07, 6.45) is 0. The molecular formula is C17H13BrClNO. The number of alkyl halides is 1. The molecule has 1 heterocycles. The predicted molar refractivity (Wildman–Crippen MR) is 90.3 cm³/mol. The average molecular weight is 363 g/mol. The highest BCUT2D eigenvalue weighted by atomic mass is 79.9. The van der Waals surface area contributed by atoms with Crippen LogP contribution in [-0.4, -0.2) is 4.98 Å². The van der Waals surface area contributed by atoms with Gasteiger partial charge in [-0.1, -0.05) is 24.3 Å². The number of fused-ring (bicyclic) bond motifs is 1. The molecule has 0 aliphatic heterocycles. The Balaban J connectivity index is 2.04. The molecule has 2 nitrogen and oxygen atoms in total. The third kappa shape index (κ3) is 3.04. The lowest BCUT2D eigenvalue weighted by atomic mass is 10.2. The van der Waals surface area contributed by atoms with Gasteiger partial charge in [0.2, 0.25) is 0 Å². The lowest BCUT2D eigenvalue weighted by Gasteiger charge is -2.11. The SMILES string of the molecule is Cc1ccc2cccc(Oc3ccc(CCl)cc3Br)c2n1. The molecular weight excluding hydrogens is 350 g/mol. The van der Waals surface area contributed by atoms with Gasteiger partial charge in [0.25, 0.3) is 0 Å². The number of pyridine rings is 1. The van der Waals surface area contributed by atoms with Crippen molar-refractivity contribution in [1.29, 1.82) is 0 Å². The van der Waals surface area contributed by atoms with E-state index in [2.05, 4.69) is 27.0 Å². The second-order valence-electron chi connectivity index (χ2n) is 4.78. The molecule has 2 aromatic carbocycles. The number of hydrogen-bond acceptors (Lipinski definition) is 2. The van der Waals surface area contributed by atoms with Crippen LogP contribution in [-0.2, 0) is 5.88 Å². The third-order valence-corrected chi connectivity index (χ3v) is 4.12. The van der Waals surface area contributed by atoms with Crippen molar-refractivity contribution in [2.75, 3.05) is 0 Å². The predicted octanol–water partition coefficient (Wildman–Crippen LogP) is 5.84. The number of ether oxygens (including phenoxy) is 1. The molecule has 1 aromatic heterocycles. The molecule has 0 unspecified atom stereocenters. The number of rotatable bonds is 3. The molecule has 0 fully saturated rings. The summed E-state index contributed by atoms with van der Waals surface area (Å²) in [5.74, 6) is 1.98. The Bertz CT molecular complexity index is 804. The molecule has 0 aliphatic carbocycles. The summed E-state index contributed by atoms with van der Waals surface area (Å²) in [6.45, 7) is 1.97. The minimum atomic E-state index is 0.480. The van der Waals surface area contributed by atoms with Gasteiger partial charge in [0.05, 0.1) is 4.47 Å². The van der Waals surface area contributed by atoms with Crippen molar-refractivity contribution in [3.63, 3.8) is 0 Å². The van der Waals surface area contributed by atoms with Crippen LogP contribution in [0.25, 0.3) is 10.9 Å². The van der Waals surface area contributed by atoms with Crippen LogP contribution in [0.5, 0.6) is 11.5 Å². The van der Waals surface area contributed by atoms with Crippen LogP contribution < -0.4 is 4.74 Å². The number of aryl methyl sites for hydroxylation is 1. The summed E-state index contributed by atoms with van der Waals surface area (Å²) >= 11 is 9.36. The first-order valence-electron chi connectivity index (χ1n) is 6.56. The molecule has 3 aromatic rings. The van der Waals surface area contributed by atoms with E-state index < -0.39 is 0 Å². The van der Waals surface area contributed by atoms with E-state index in [-0.39, 0.29) is 0 Å². The molecule has 0 saturated heterocycles.